The number of nitrogen functional groups attached to an aromatic ring is 1. The number of anilines is 2. The third-order valence-electron chi connectivity index (χ3n) is 3.08. The van der Waals surface area contributed by atoms with Crippen molar-refractivity contribution in [3.63, 3.8) is 0 Å². The van der Waals surface area contributed by atoms with Gasteiger partial charge in [0.05, 0.1) is 17.1 Å². The Hall–Kier alpha value is -2.37. The van der Waals surface area contributed by atoms with Crippen molar-refractivity contribution < 1.29 is 9.18 Å². The molecule has 0 unspecified atom stereocenters. The fourth-order valence-electron chi connectivity index (χ4n) is 2.04. The highest BCUT2D eigenvalue weighted by atomic mass is 19.1. The Morgan fingerprint density at radius 1 is 1.50 bits per heavy atom. The van der Waals surface area contributed by atoms with E-state index < -0.39 is 11.7 Å². The van der Waals surface area contributed by atoms with Gasteiger partial charge in [-0.15, -0.1) is 0 Å². The molecule has 0 fully saturated rings. The summed E-state index contributed by atoms with van der Waals surface area (Å²) >= 11 is 0. The summed E-state index contributed by atoms with van der Waals surface area (Å²) in [6.45, 7) is 3.73. The summed E-state index contributed by atoms with van der Waals surface area (Å²) in [6, 6.07) is 4.52. The summed E-state index contributed by atoms with van der Waals surface area (Å²) < 4.78 is 15.1. The predicted molar refractivity (Wildman–Crippen MR) is 76.1 cm³/mol. The molecule has 6 heteroatoms. The number of halogens is 1. The van der Waals surface area contributed by atoms with E-state index in [1.54, 1.807) is 19.2 Å². The molecule has 1 amide bonds. The molecule has 0 aliphatic heterocycles. The number of rotatable bonds is 3. The van der Waals surface area contributed by atoms with Crippen LogP contribution < -0.4 is 11.1 Å². The second-order valence-corrected chi connectivity index (χ2v) is 4.62. The maximum Gasteiger partial charge on any atom is 0.276 e. The summed E-state index contributed by atoms with van der Waals surface area (Å²) in [4.78, 5) is 12.2. The normalized spacial score (nSPS) is 10.6. The molecule has 2 aromatic rings. The van der Waals surface area contributed by atoms with Crippen molar-refractivity contribution in [3.8, 4) is 0 Å². The average Bonchev–Trinajstić information content (AvgIpc) is 2.68. The zero-order valence-corrected chi connectivity index (χ0v) is 11.7. The van der Waals surface area contributed by atoms with Crippen LogP contribution in [0.15, 0.2) is 18.2 Å². The van der Waals surface area contributed by atoms with Crippen LogP contribution in [0.1, 0.15) is 28.7 Å². The minimum absolute atomic E-state index is 0.133. The minimum Gasteiger partial charge on any atom is -0.395 e. The predicted octanol–water partition coefficient (Wildman–Crippen LogP) is 2.26. The van der Waals surface area contributed by atoms with Crippen molar-refractivity contribution in [1.82, 2.24) is 9.78 Å². The second-order valence-electron chi connectivity index (χ2n) is 4.62. The molecule has 0 aliphatic carbocycles. The Balaban J connectivity index is 2.33. The highest BCUT2D eigenvalue weighted by molar-refractivity contribution is 6.06. The first kappa shape index (κ1) is 14.0. The SMILES string of the molecule is CCc1nn(C)c(C(=O)Nc2cc(C)ccc2F)c1N. The lowest BCUT2D eigenvalue weighted by molar-refractivity contribution is 0.101. The number of carbonyl (C=O) groups excluding carboxylic acids is 1. The van der Waals surface area contributed by atoms with Crippen LogP contribution in [0.3, 0.4) is 0 Å². The van der Waals surface area contributed by atoms with E-state index in [0.29, 0.717) is 17.8 Å². The van der Waals surface area contributed by atoms with E-state index in [4.69, 9.17) is 5.73 Å². The summed E-state index contributed by atoms with van der Waals surface area (Å²) in [5.41, 5.74) is 8.12. The van der Waals surface area contributed by atoms with E-state index in [1.165, 1.54) is 10.7 Å². The quantitative estimate of drug-likeness (QED) is 0.903. The van der Waals surface area contributed by atoms with Crippen LogP contribution in [0.25, 0.3) is 0 Å². The number of amides is 1. The molecule has 3 N–H and O–H groups in total. The van der Waals surface area contributed by atoms with Crippen molar-refractivity contribution >= 4 is 17.3 Å². The molecule has 0 spiro atoms. The number of nitrogens with one attached hydrogen (secondary N) is 1. The number of benzene rings is 1. The van der Waals surface area contributed by atoms with Crippen LogP contribution in [0.5, 0.6) is 0 Å². The average molecular weight is 276 g/mol. The van der Waals surface area contributed by atoms with Gasteiger partial charge in [0.1, 0.15) is 11.5 Å². The molecule has 0 atom stereocenters. The molecule has 0 saturated carbocycles. The second kappa shape index (κ2) is 5.32. The zero-order chi connectivity index (χ0) is 14.9. The molecule has 1 aromatic carbocycles. The smallest absolute Gasteiger partial charge is 0.276 e. The van der Waals surface area contributed by atoms with Crippen LogP contribution in [0, 0.1) is 12.7 Å². The molecule has 20 heavy (non-hydrogen) atoms. The van der Waals surface area contributed by atoms with Crippen LogP contribution in [0.2, 0.25) is 0 Å². The lowest BCUT2D eigenvalue weighted by Gasteiger charge is -2.08. The number of aryl methyl sites for hydroxylation is 3. The highest BCUT2D eigenvalue weighted by Gasteiger charge is 2.20. The minimum atomic E-state index is -0.486. The number of nitrogens with two attached hydrogens (primary N) is 1. The van der Waals surface area contributed by atoms with Gasteiger partial charge in [0, 0.05) is 7.05 Å². The van der Waals surface area contributed by atoms with E-state index in [-0.39, 0.29) is 11.4 Å². The fourth-order valence-corrected chi connectivity index (χ4v) is 2.04. The summed E-state index contributed by atoms with van der Waals surface area (Å²) in [7, 11) is 1.64. The monoisotopic (exact) mass is 276 g/mol. The third kappa shape index (κ3) is 2.49. The van der Waals surface area contributed by atoms with Gasteiger partial charge in [-0.3, -0.25) is 9.48 Å². The van der Waals surface area contributed by atoms with Crippen molar-refractivity contribution in [2.24, 2.45) is 7.05 Å². The van der Waals surface area contributed by atoms with E-state index in [2.05, 4.69) is 10.4 Å². The molecule has 5 nitrogen and oxygen atoms in total. The van der Waals surface area contributed by atoms with Crippen LogP contribution in [0.4, 0.5) is 15.8 Å². The molecule has 0 radical (unpaired) electrons. The van der Waals surface area contributed by atoms with Crippen molar-refractivity contribution in [2.45, 2.75) is 20.3 Å². The number of nitrogens with zero attached hydrogens (tertiary/aromatic N) is 2. The number of carbonyl (C=O) groups is 1. The summed E-state index contributed by atoms with van der Waals surface area (Å²) in [5, 5.41) is 6.70. The molecule has 1 aromatic heterocycles. The summed E-state index contributed by atoms with van der Waals surface area (Å²) in [5.74, 6) is -0.956. The van der Waals surface area contributed by atoms with Gasteiger partial charge in [-0.1, -0.05) is 13.0 Å². The molecule has 0 saturated heterocycles. The Labute approximate surface area is 116 Å². The van der Waals surface area contributed by atoms with Gasteiger partial charge < -0.3 is 11.1 Å². The third-order valence-corrected chi connectivity index (χ3v) is 3.08. The molecule has 1 heterocycles. The standard InChI is InChI=1S/C14H17FN4O/c1-4-10-12(16)13(19(3)18-10)14(20)17-11-7-8(2)5-6-9(11)15/h5-7H,4,16H2,1-3H3,(H,17,20). The Kier molecular flexibility index (Phi) is 3.74. The van der Waals surface area contributed by atoms with Crippen LogP contribution >= 0.6 is 0 Å². The molecule has 2 rings (SSSR count). The lowest BCUT2D eigenvalue weighted by Crippen LogP contribution is -2.18. The van der Waals surface area contributed by atoms with Gasteiger partial charge in [-0.25, -0.2) is 4.39 Å². The van der Waals surface area contributed by atoms with Crippen molar-refractivity contribution in [1.29, 1.82) is 0 Å². The van der Waals surface area contributed by atoms with Gasteiger partial charge in [0.25, 0.3) is 5.91 Å². The summed E-state index contributed by atoms with van der Waals surface area (Å²) in [6.07, 6.45) is 0.631. The van der Waals surface area contributed by atoms with Gasteiger partial charge in [0.15, 0.2) is 0 Å². The lowest BCUT2D eigenvalue weighted by atomic mass is 10.2. The highest BCUT2D eigenvalue weighted by Crippen LogP contribution is 2.20. The number of aromatic nitrogens is 2. The first-order valence-corrected chi connectivity index (χ1v) is 6.32. The van der Waals surface area contributed by atoms with Gasteiger partial charge in [0.2, 0.25) is 0 Å². The Morgan fingerprint density at radius 3 is 2.80 bits per heavy atom. The Morgan fingerprint density at radius 2 is 2.20 bits per heavy atom. The van der Waals surface area contributed by atoms with E-state index in [1.807, 2.05) is 13.8 Å². The first-order valence-electron chi connectivity index (χ1n) is 6.32. The van der Waals surface area contributed by atoms with Gasteiger partial charge in [-0.05, 0) is 31.0 Å². The number of hydrogen-bond acceptors (Lipinski definition) is 3. The van der Waals surface area contributed by atoms with Crippen LogP contribution in [-0.2, 0) is 13.5 Å². The maximum absolute atomic E-state index is 13.6. The topological polar surface area (TPSA) is 72.9 Å². The number of hydrogen-bond donors (Lipinski definition) is 2. The zero-order valence-electron chi connectivity index (χ0n) is 11.7. The Bertz CT molecular complexity index is 663. The van der Waals surface area contributed by atoms with Gasteiger partial charge in [-0.2, -0.15) is 5.10 Å². The maximum atomic E-state index is 13.6. The first-order chi connectivity index (χ1) is 9.43. The largest absolute Gasteiger partial charge is 0.395 e. The molecular formula is C14H17FN4O. The van der Waals surface area contributed by atoms with Gasteiger partial charge >= 0.3 is 0 Å². The molecule has 0 aliphatic rings. The molecular weight excluding hydrogens is 259 g/mol. The van der Waals surface area contributed by atoms with E-state index >= 15 is 0 Å². The molecule has 0 bridgehead atoms. The van der Waals surface area contributed by atoms with E-state index in [0.717, 1.165) is 5.56 Å². The fraction of sp³-hybridized carbons (Fsp3) is 0.286. The van der Waals surface area contributed by atoms with Crippen LogP contribution in [-0.4, -0.2) is 15.7 Å². The van der Waals surface area contributed by atoms with Crippen molar-refractivity contribution in [2.75, 3.05) is 11.1 Å². The van der Waals surface area contributed by atoms with Crippen molar-refractivity contribution in [3.05, 3.63) is 41.0 Å². The van der Waals surface area contributed by atoms with E-state index in [9.17, 15) is 9.18 Å². The molecule has 106 valence electrons.